The van der Waals surface area contributed by atoms with Crippen LogP contribution in [0.5, 0.6) is 5.75 Å². The highest BCUT2D eigenvalue weighted by molar-refractivity contribution is 5.88. The average Bonchev–Trinajstić information content (AvgIpc) is 3.33. The molecule has 0 saturated heterocycles. The molecule has 34 heavy (non-hydrogen) atoms. The first-order chi connectivity index (χ1) is 16.3. The van der Waals surface area contributed by atoms with Crippen molar-refractivity contribution in [3.05, 3.63) is 65.7 Å². The maximum Gasteiger partial charge on any atom is 0.261 e. The molecule has 0 spiro atoms. The summed E-state index contributed by atoms with van der Waals surface area (Å²) in [4.78, 5) is 28.2. The summed E-state index contributed by atoms with van der Waals surface area (Å²) in [7, 11) is 0. The van der Waals surface area contributed by atoms with E-state index in [1.165, 1.54) is 5.56 Å². The fourth-order valence-corrected chi connectivity index (χ4v) is 4.54. The van der Waals surface area contributed by atoms with E-state index < -0.39 is 6.04 Å². The molecule has 0 heterocycles. The standard InChI is InChI=1S/C29H40N2O3/c1-5-26(28(33)30-24-13-9-10-14-24)31(20-19-22-11-7-6-8-12-22)27(32)21-34-25-17-15-23(16-18-25)29(2,3)4/h6-8,11-12,15-18,24,26H,5,9-10,13-14,19-21H2,1-4H3,(H,30,33). The van der Waals surface area contributed by atoms with Gasteiger partial charge in [-0.05, 0) is 54.4 Å². The summed E-state index contributed by atoms with van der Waals surface area (Å²) in [5.41, 5.74) is 2.42. The molecule has 1 aliphatic rings. The van der Waals surface area contributed by atoms with Crippen molar-refractivity contribution in [2.24, 2.45) is 0 Å². The quantitative estimate of drug-likeness (QED) is 0.521. The van der Waals surface area contributed by atoms with E-state index in [4.69, 9.17) is 4.74 Å². The second kappa shape index (κ2) is 12.0. The van der Waals surface area contributed by atoms with Crippen LogP contribution in [0.1, 0.15) is 70.9 Å². The Morgan fingerprint density at radius 2 is 1.68 bits per heavy atom. The average molecular weight is 465 g/mol. The van der Waals surface area contributed by atoms with Gasteiger partial charge in [-0.15, -0.1) is 0 Å². The van der Waals surface area contributed by atoms with E-state index in [1.54, 1.807) is 4.90 Å². The molecule has 0 aromatic heterocycles. The van der Waals surface area contributed by atoms with Crippen molar-refractivity contribution in [2.45, 2.75) is 83.7 Å². The Labute approximate surface area is 204 Å². The lowest BCUT2D eigenvalue weighted by Gasteiger charge is -2.31. The summed E-state index contributed by atoms with van der Waals surface area (Å²) in [6.07, 6.45) is 5.61. The van der Waals surface area contributed by atoms with Crippen molar-refractivity contribution in [2.75, 3.05) is 13.2 Å². The summed E-state index contributed by atoms with van der Waals surface area (Å²) in [5, 5.41) is 3.18. The Balaban J connectivity index is 1.68. The lowest BCUT2D eigenvalue weighted by atomic mass is 9.87. The molecule has 2 aromatic rings. The molecule has 0 bridgehead atoms. The normalized spacial score (nSPS) is 15.1. The van der Waals surface area contributed by atoms with Gasteiger partial charge < -0.3 is 15.0 Å². The van der Waals surface area contributed by atoms with Gasteiger partial charge in [-0.1, -0.05) is 83.0 Å². The van der Waals surface area contributed by atoms with Crippen LogP contribution in [-0.4, -0.2) is 41.9 Å². The molecule has 2 amide bonds. The van der Waals surface area contributed by atoms with Crippen molar-refractivity contribution < 1.29 is 14.3 Å². The number of hydrogen-bond acceptors (Lipinski definition) is 3. The number of ether oxygens (including phenoxy) is 1. The van der Waals surface area contributed by atoms with E-state index in [2.05, 4.69) is 38.2 Å². The molecule has 184 valence electrons. The van der Waals surface area contributed by atoms with Crippen molar-refractivity contribution >= 4 is 11.8 Å². The molecule has 1 aliphatic carbocycles. The number of nitrogens with one attached hydrogen (secondary N) is 1. The Hall–Kier alpha value is -2.82. The Bertz CT molecular complexity index is 913. The van der Waals surface area contributed by atoms with E-state index >= 15 is 0 Å². The highest BCUT2D eigenvalue weighted by Crippen LogP contribution is 2.24. The zero-order chi connectivity index (χ0) is 24.6. The van der Waals surface area contributed by atoms with E-state index in [0.29, 0.717) is 25.1 Å². The minimum absolute atomic E-state index is 0.0506. The molecular weight excluding hydrogens is 424 g/mol. The Morgan fingerprint density at radius 1 is 1.03 bits per heavy atom. The number of carbonyl (C=O) groups excluding carboxylic acids is 2. The van der Waals surface area contributed by atoms with Gasteiger partial charge in [0, 0.05) is 12.6 Å². The van der Waals surface area contributed by atoms with Crippen LogP contribution in [0, 0.1) is 0 Å². The fraction of sp³-hybridized carbons (Fsp3) is 0.517. The number of benzene rings is 2. The predicted octanol–water partition coefficient (Wildman–Crippen LogP) is 5.27. The van der Waals surface area contributed by atoms with Gasteiger partial charge in [0.2, 0.25) is 5.91 Å². The molecule has 5 nitrogen and oxygen atoms in total. The summed E-state index contributed by atoms with van der Waals surface area (Å²) in [6, 6.07) is 17.7. The Kier molecular flexibility index (Phi) is 9.14. The Morgan fingerprint density at radius 3 is 2.26 bits per heavy atom. The largest absolute Gasteiger partial charge is 0.484 e. The van der Waals surface area contributed by atoms with Crippen LogP contribution in [0.25, 0.3) is 0 Å². The van der Waals surface area contributed by atoms with Crippen LogP contribution in [0.3, 0.4) is 0 Å². The molecular formula is C29H40N2O3. The molecule has 5 heteroatoms. The minimum atomic E-state index is -0.497. The van der Waals surface area contributed by atoms with Gasteiger partial charge >= 0.3 is 0 Å². The second-order valence-corrected chi connectivity index (χ2v) is 10.3. The SMILES string of the molecule is CCC(C(=O)NC1CCCC1)N(CCc1ccccc1)C(=O)COc1ccc(C(C)(C)C)cc1. The van der Waals surface area contributed by atoms with Crippen LogP contribution >= 0.6 is 0 Å². The van der Waals surface area contributed by atoms with Crippen LogP contribution < -0.4 is 10.1 Å². The van der Waals surface area contributed by atoms with Crippen molar-refractivity contribution in [1.29, 1.82) is 0 Å². The zero-order valence-corrected chi connectivity index (χ0v) is 21.2. The third-order valence-corrected chi connectivity index (χ3v) is 6.65. The van der Waals surface area contributed by atoms with Gasteiger partial charge in [0.25, 0.3) is 5.91 Å². The fourth-order valence-electron chi connectivity index (χ4n) is 4.54. The first-order valence-corrected chi connectivity index (χ1v) is 12.6. The molecule has 1 saturated carbocycles. The summed E-state index contributed by atoms with van der Waals surface area (Å²) in [5.74, 6) is 0.447. The van der Waals surface area contributed by atoms with E-state index in [1.807, 2.05) is 49.4 Å². The highest BCUT2D eigenvalue weighted by Gasteiger charge is 2.30. The van der Waals surface area contributed by atoms with Gasteiger partial charge in [-0.2, -0.15) is 0 Å². The highest BCUT2D eigenvalue weighted by atomic mass is 16.5. The van der Waals surface area contributed by atoms with Gasteiger partial charge in [0.15, 0.2) is 6.61 Å². The molecule has 0 radical (unpaired) electrons. The van der Waals surface area contributed by atoms with Crippen molar-refractivity contribution in [3.8, 4) is 5.75 Å². The smallest absolute Gasteiger partial charge is 0.261 e. The molecule has 1 fully saturated rings. The maximum atomic E-state index is 13.3. The van der Waals surface area contributed by atoms with Crippen molar-refractivity contribution in [1.82, 2.24) is 10.2 Å². The molecule has 0 aliphatic heterocycles. The van der Waals surface area contributed by atoms with Gasteiger partial charge in [0.05, 0.1) is 0 Å². The van der Waals surface area contributed by atoms with Crippen molar-refractivity contribution in [3.63, 3.8) is 0 Å². The molecule has 3 rings (SSSR count). The number of nitrogens with zero attached hydrogens (tertiary/aromatic N) is 1. The first-order valence-electron chi connectivity index (χ1n) is 12.6. The van der Waals surface area contributed by atoms with Gasteiger partial charge in [-0.3, -0.25) is 9.59 Å². The van der Waals surface area contributed by atoms with E-state index in [0.717, 1.165) is 31.2 Å². The number of carbonyl (C=O) groups is 2. The summed E-state index contributed by atoms with van der Waals surface area (Å²) >= 11 is 0. The van der Waals surface area contributed by atoms with Crippen LogP contribution in [0.4, 0.5) is 0 Å². The molecule has 1 unspecified atom stereocenters. The van der Waals surface area contributed by atoms with E-state index in [-0.39, 0.29) is 29.9 Å². The van der Waals surface area contributed by atoms with Gasteiger partial charge in [-0.25, -0.2) is 0 Å². The first kappa shape index (κ1) is 25.8. The summed E-state index contributed by atoms with van der Waals surface area (Å²) < 4.78 is 5.85. The third-order valence-electron chi connectivity index (χ3n) is 6.65. The molecule has 1 N–H and O–H groups in total. The van der Waals surface area contributed by atoms with Crippen LogP contribution in [0.2, 0.25) is 0 Å². The number of rotatable bonds is 10. The molecule has 1 atom stereocenters. The number of hydrogen-bond donors (Lipinski definition) is 1. The second-order valence-electron chi connectivity index (χ2n) is 10.3. The summed E-state index contributed by atoms with van der Waals surface area (Å²) in [6.45, 7) is 8.85. The number of amides is 2. The predicted molar refractivity (Wildman–Crippen MR) is 137 cm³/mol. The lowest BCUT2D eigenvalue weighted by Crippen LogP contribution is -2.52. The van der Waals surface area contributed by atoms with E-state index in [9.17, 15) is 9.59 Å². The maximum absolute atomic E-state index is 13.3. The zero-order valence-electron chi connectivity index (χ0n) is 21.2. The van der Waals surface area contributed by atoms with Gasteiger partial charge in [0.1, 0.15) is 11.8 Å². The lowest BCUT2D eigenvalue weighted by molar-refractivity contribution is -0.142. The molecule has 2 aromatic carbocycles. The van der Waals surface area contributed by atoms with Crippen LogP contribution in [-0.2, 0) is 21.4 Å². The topological polar surface area (TPSA) is 58.6 Å². The third kappa shape index (κ3) is 7.34. The monoisotopic (exact) mass is 464 g/mol. The minimum Gasteiger partial charge on any atom is -0.484 e. The van der Waals surface area contributed by atoms with Crippen LogP contribution in [0.15, 0.2) is 54.6 Å².